The fourth-order valence-corrected chi connectivity index (χ4v) is 4.03. The van der Waals surface area contributed by atoms with E-state index in [1.807, 2.05) is 12.1 Å². The molecule has 1 amide bonds. The minimum absolute atomic E-state index is 0.0577. The average Bonchev–Trinajstić information content (AvgIpc) is 3.18. The van der Waals surface area contributed by atoms with Crippen LogP contribution < -0.4 is 10.9 Å². The van der Waals surface area contributed by atoms with Gasteiger partial charge in [-0.1, -0.05) is 47.1 Å². The first-order valence-corrected chi connectivity index (χ1v) is 11.4. The van der Waals surface area contributed by atoms with Gasteiger partial charge in [-0.2, -0.15) is 13.2 Å². The van der Waals surface area contributed by atoms with Gasteiger partial charge in [0.2, 0.25) is 5.91 Å². The number of aromatic amines is 1. The van der Waals surface area contributed by atoms with E-state index < -0.39 is 23.2 Å². The van der Waals surface area contributed by atoms with Crippen molar-refractivity contribution in [3.05, 3.63) is 80.9 Å². The first-order chi connectivity index (χ1) is 16.2. The topological polar surface area (TPSA) is 106 Å². The van der Waals surface area contributed by atoms with E-state index in [2.05, 4.69) is 25.6 Å². The minimum atomic E-state index is -4.59. The highest BCUT2D eigenvalue weighted by molar-refractivity contribution is 7.99. The SMILES string of the molecule is O=C(CSCc1nc2c(nnn2Cc2ccccc2Cl)c(=O)[nH]1)Nc1ccccc1C(F)(F)F. The zero-order valence-corrected chi connectivity index (χ0v) is 18.8. The third-order valence-electron chi connectivity index (χ3n) is 4.68. The van der Waals surface area contributed by atoms with E-state index in [9.17, 15) is 22.8 Å². The molecule has 2 aromatic heterocycles. The number of anilines is 1. The van der Waals surface area contributed by atoms with Crippen LogP contribution in [0.3, 0.4) is 0 Å². The van der Waals surface area contributed by atoms with Gasteiger partial charge in [0, 0.05) is 5.02 Å². The zero-order chi connectivity index (χ0) is 24.3. The third-order valence-corrected chi connectivity index (χ3v) is 5.99. The molecule has 2 heterocycles. The second kappa shape index (κ2) is 9.85. The number of benzene rings is 2. The van der Waals surface area contributed by atoms with Crippen LogP contribution in [0.4, 0.5) is 18.9 Å². The molecule has 0 fully saturated rings. The number of fused-ring (bicyclic) bond motifs is 1. The molecule has 0 unspecified atom stereocenters. The second-order valence-electron chi connectivity index (χ2n) is 7.11. The first-order valence-electron chi connectivity index (χ1n) is 9.82. The smallest absolute Gasteiger partial charge is 0.325 e. The van der Waals surface area contributed by atoms with Crippen molar-refractivity contribution in [1.29, 1.82) is 0 Å². The Kier molecular flexibility index (Phi) is 6.89. The number of thioether (sulfide) groups is 1. The molecule has 4 rings (SSSR count). The lowest BCUT2D eigenvalue weighted by molar-refractivity contribution is -0.137. The van der Waals surface area contributed by atoms with Crippen LogP contribution in [0, 0.1) is 0 Å². The summed E-state index contributed by atoms with van der Waals surface area (Å²) in [5, 5.41) is 10.7. The summed E-state index contributed by atoms with van der Waals surface area (Å²) in [4.78, 5) is 31.5. The van der Waals surface area contributed by atoms with Crippen molar-refractivity contribution in [2.75, 3.05) is 11.1 Å². The summed E-state index contributed by atoms with van der Waals surface area (Å²) in [5.74, 6) is -0.355. The lowest BCUT2D eigenvalue weighted by atomic mass is 10.1. The molecule has 176 valence electrons. The number of aromatic nitrogens is 5. The highest BCUT2D eigenvalue weighted by Gasteiger charge is 2.33. The maximum Gasteiger partial charge on any atom is 0.418 e. The van der Waals surface area contributed by atoms with Gasteiger partial charge in [-0.25, -0.2) is 9.67 Å². The Labute approximate surface area is 199 Å². The van der Waals surface area contributed by atoms with Crippen molar-refractivity contribution in [3.8, 4) is 0 Å². The van der Waals surface area contributed by atoms with Gasteiger partial charge in [0.25, 0.3) is 5.56 Å². The van der Waals surface area contributed by atoms with Gasteiger partial charge in [-0.3, -0.25) is 9.59 Å². The van der Waals surface area contributed by atoms with E-state index in [1.54, 1.807) is 12.1 Å². The molecular formula is C21H16ClF3N6O2S. The highest BCUT2D eigenvalue weighted by atomic mass is 35.5. The minimum Gasteiger partial charge on any atom is -0.325 e. The summed E-state index contributed by atoms with van der Waals surface area (Å²) in [6.45, 7) is 0.250. The lowest BCUT2D eigenvalue weighted by Crippen LogP contribution is -2.18. The van der Waals surface area contributed by atoms with Crippen LogP contribution in [0.2, 0.25) is 5.02 Å². The van der Waals surface area contributed by atoms with Gasteiger partial charge in [-0.15, -0.1) is 16.9 Å². The zero-order valence-electron chi connectivity index (χ0n) is 17.3. The molecule has 0 saturated carbocycles. The molecule has 8 nitrogen and oxygen atoms in total. The van der Waals surface area contributed by atoms with Crippen molar-refractivity contribution < 1.29 is 18.0 Å². The van der Waals surface area contributed by atoms with Gasteiger partial charge in [0.1, 0.15) is 5.82 Å². The fraction of sp³-hybridized carbons (Fsp3) is 0.190. The Bertz CT molecular complexity index is 1410. The number of carbonyl (C=O) groups is 1. The van der Waals surface area contributed by atoms with Crippen LogP contribution in [0.15, 0.2) is 53.3 Å². The average molecular weight is 509 g/mol. The van der Waals surface area contributed by atoms with Crippen molar-refractivity contribution in [2.45, 2.75) is 18.5 Å². The summed E-state index contributed by atoms with van der Waals surface area (Å²) in [6.07, 6.45) is -4.59. The van der Waals surface area contributed by atoms with Crippen LogP contribution in [-0.2, 0) is 23.3 Å². The van der Waals surface area contributed by atoms with E-state index in [4.69, 9.17) is 11.6 Å². The maximum atomic E-state index is 13.1. The Hall–Kier alpha value is -3.38. The number of para-hydroxylation sites is 1. The van der Waals surface area contributed by atoms with Crippen molar-refractivity contribution >= 4 is 46.1 Å². The van der Waals surface area contributed by atoms with Gasteiger partial charge in [-0.05, 0) is 23.8 Å². The Morgan fingerprint density at radius 2 is 1.88 bits per heavy atom. The molecule has 0 atom stereocenters. The number of halogens is 4. The number of hydrogen-bond acceptors (Lipinski definition) is 6. The molecular weight excluding hydrogens is 493 g/mol. The van der Waals surface area contributed by atoms with Gasteiger partial charge >= 0.3 is 6.18 Å². The molecule has 4 aromatic rings. The standard InChI is InChI=1S/C21H16ClF3N6O2S/c22-14-7-3-1-5-12(14)9-31-19-18(29-30-31)20(33)28-16(27-19)10-34-11-17(32)26-15-8-4-2-6-13(15)21(23,24)25/h1-8H,9-11H2,(H,26,32)(H,27,28,33). The molecule has 0 spiro atoms. The number of amides is 1. The monoisotopic (exact) mass is 508 g/mol. The number of H-pyrrole nitrogens is 1. The molecule has 0 aliphatic carbocycles. The van der Waals surface area contributed by atoms with Gasteiger partial charge in [0.15, 0.2) is 11.2 Å². The number of nitrogens with one attached hydrogen (secondary N) is 2. The van der Waals surface area contributed by atoms with Crippen molar-refractivity contribution in [2.24, 2.45) is 0 Å². The predicted molar refractivity (Wildman–Crippen MR) is 123 cm³/mol. The molecule has 0 bridgehead atoms. The van der Waals surface area contributed by atoms with Gasteiger partial charge in [0.05, 0.1) is 29.3 Å². The summed E-state index contributed by atoms with van der Waals surface area (Å²) < 4.78 is 40.7. The summed E-state index contributed by atoms with van der Waals surface area (Å²) in [6, 6.07) is 11.9. The highest BCUT2D eigenvalue weighted by Crippen LogP contribution is 2.34. The van der Waals surface area contributed by atoms with Crippen LogP contribution in [0.1, 0.15) is 17.0 Å². The van der Waals surface area contributed by atoms with E-state index in [0.29, 0.717) is 5.02 Å². The lowest BCUT2D eigenvalue weighted by Gasteiger charge is -2.13. The van der Waals surface area contributed by atoms with Crippen LogP contribution in [0.25, 0.3) is 11.2 Å². The van der Waals surface area contributed by atoms with E-state index in [0.717, 1.165) is 23.4 Å². The summed E-state index contributed by atoms with van der Waals surface area (Å²) in [5.41, 5.74) is -0.656. The second-order valence-corrected chi connectivity index (χ2v) is 8.50. The Morgan fingerprint density at radius 1 is 1.15 bits per heavy atom. The van der Waals surface area contributed by atoms with Crippen molar-refractivity contribution in [1.82, 2.24) is 25.0 Å². The predicted octanol–water partition coefficient (Wildman–Crippen LogP) is 4.11. The normalized spacial score (nSPS) is 11.6. The number of alkyl halides is 3. The molecule has 13 heteroatoms. The number of hydrogen-bond donors (Lipinski definition) is 2. The number of nitrogens with zero attached hydrogens (tertiary/aromatic N) is 4. The molecule has 0 saturated heterocycles. The largest absolute Gasteiger partial charge is 0.418 e. The maximum absolute atomic E-state index is 13.1. The van der Waals surface area contributed by atoms with E-state index in [-0.39, 0.29) is 40.7 Å². The van der Waals surface area contributed by atoms with Crippen molar-refractivity contribution in [3.63, 3.8) is 0 Å². The molecule has 0 aliphatic rings. The summed E-state index contributed by atoms with van der Waals surface area (Å²) in [7, 11) is 0. The Morgan fingerprint density at radius 3 is 2.65 bits per heavy atom. The molecule has 34 heavy (non-hydrogen) atoms. The number of carbonyl (C=O) groups excluding carboxylic acids is 1. The third kappa shape index (κ3) is 5.39. The molecule has 2 aromatic carbocycles. The van der Waals surface area contributed by atoms with Crippen LogP contribution >= 0.6 is 23.4 Å². The van der Waals surface area contributed by atoms with Crippen LogP contribution in [-0.4, -0.2) is 36.6 Å². The van der Waals surface area contributed by atoms with E-state index in [1.165, 1.54) is 22.9 Å². The molecule has 2 N–H and O–H groups in total. The van der Waals surface area contributed by atoms with Gasteiger partial charge < -0.3 is 10.3 Å². The Balaban J connectivity index is 1.44. The first kappa shape index (κ1) is 23.8. The fourth-order valence-electron chi connectivity index (χ4n) is 3.14. The van der Waals surface area contributed by atoms with E-state index >= 15 is 0 Å². The molecule has 0 radical (unpaired) electrons. The quantitative estimate of drug-likeness (QED) is 0.389. The van der Waals surface area contributed by atoms with Crippen LogP contribution in [0.5, 0.6) is 0 Å². The molecule has 0 aliphatic heterocycles. The number of rotatable bonds is 7. The summed E-state index contributed by atoms with van der Waals surface area (Å²) >= 11 is 7.27.